The van der Waals surface area contributed by atoms with Gasteiger partial charge >= 0.3 is 0 Å². The summed E-state index contributed by atoms with van der Waals surface area (Å²) in [7, 11) is 0. The first-order chi connectivity index (χ1) is 8.21. The van der Waals surface area contributed by atoms with Gasteiger partial charge in [0.25, 0.3) is 0 Å². The highest BCUT2D eigenvalue weighted by molar-refractivity contribution is 5.00. The molecule has 0 spiro atoms. The Bertz CT molecular complexity index is 270. The van der Waals surface area contributed by atoms with Crippen LogP contribution in [0.4, 0.5) is 0 Å². The van der Waals surface area contributed by atoms with Gasteiger partial charge in [-0.25, -0.2) is 0 Å². The summed E-state index contributed by atoms with van der Waals surface area (Å²) in [5, 5.41) is 3.81. The quantitative estimate of drug-likeness (QED) is 0.789. The summed E-state index contributed by atoms with van der Waals surface area (Å²) in [6.45, 7) is 8.66. The second-order valence-corrected chi connectivity index (χ2v) is 6.85. The molecular formula is C15H28N2. The molecule has 2 nitrogen and oxygen atoms in total. The maximum absolute atomic E-state index is 3.81. The van der Waals surface area contributed by atoms with Gasteiger partial charge in [-0.15, -0.1) is 0 Å². The molecule has 2 heteroatoms. The molecule has 1 aliphatic heterocycles. The molecule has 1 saturated heterocycles. The maximum atomic E-state index is 3.81. The molecule has 3 fully saturated rings. The van der Waals surface area contributed by atoms with Crippen molar-refractivity contribution in [2.75, 3.05) is 19.6 Å². The van der Waals surface area contributed by atoms with Crippen LogP contribution >= 0.6 is 0 Å². The first kappa shape index (κ1) is 12.0. The summed E-state index contributed by atoms with van der Waals surface area (Å²) >= 11 is 0. The summed E-state index contributed by atoms with van der Waals surface area (Å²) in [5.41, 5.74) is 0.417. The van der Waals surface area contributed by atoms with Gasteiger partial charge in [0.2, 0.25) is 0 Å². The van der Waals surface area contributed by atoms with Crippen LogP contribution in [0.5, 0.6) is 0 Å². The Morgan fingerprint density at radius 3 is 2.59 bits per heavy atom. The average molecular weight is 236 g/mol. The lowest BCUT2D eigenvalue weighted by atomic mass is 9.90. The lowest BCUT2D eigenvalue weighted by Crippen LogP contribution is -2.63. The van der Waals surface area contributed by atoms with E-state index in [2.05, 4.69) is 24.1 Å². The number of hydrogen-bond donors (Lipinski definition) is 1. The standard InChI is InChI=1S/C15H28N2/c1-3-15(2)11-16-14(13-6-7-13)10-17(15)9-8-12-4-5-12/h12-14,16H,3-11H2,1-2H3. The number of nitrogens with zero attached hydrogens (tertiary/aromatic N) is 1. The molecule has 3 aliphatic rings. The predicted molar refractivity (Wildman–Crippen MR) is 72.1 cm³/mol. The minimum atomic E-state index is 0.417. The SMILES string of the molecule is CCC1(C)CNC(C2CC2)CN1CCC1CC1. The third-order valence-corrected chi connectivity index (χ3v) is 5.38. The van der Waals surface area contributed by atoms with Crippen LogP contribution in [0, 0.1) is 11.8 Å². The summed E-state index contributed by atoms with van der Waals surface area (Å²) in [6.07, 6.45) is 8.67. The zero-order chi connectivity index (χ0) is 11.9. The van der Waals surface area contributed by atoms with E-state index in [9.17, 15) is 0 Å². The molecule has 0 amide bonds. The van der Waals surface area contributed by atoms with Crippen molar-refractivity contribution < 1.29 is 0 Å². The van der Waals surface area contributed by atoms with Crippen molar-refractivity contribution in [1.29, 1.82) is 0 Å². The van der Waals surface area contributed by atoms with Gasteiger partial charge in [-0.1, -0.05) is 19.8 Å². The molecule has 2 aliphatic carbocycles. The molecule has 1 heterocycles. The summed E-state index contributed by atoms with van der Waals surface area (Å²) in [4.78, 5) is 2.81. The molecular weight excluding hydrogens is 208 g/mol. The fraction of sp³-hybridized carbons (Fsp3) is 1.00. The van der Waals surface area contributed by atoms with E-state index >= 15 is 0 Å². The van der Waals surface area contributed by atoms with Crippen LogP contribution in [0.25, 0.3) is 0 Å². The van der Waals surface area contributed by atoms with Gasteiger partial charge in [-0.05, 0) is 51.0 Å². The Morgan fingerprint density at radius 1 is 1.24 bits per heavy atom. The van der Waals surface area contributed by atoms with Gasteiger partial charge in [0, 0.05) is 24.7 Å². The Kier molecular flexibility index (Phi) is 3.20. The number of nitrogens with one attached hydrogen (secondary N) is 1. The van der Waals surface area contributed by atoms with Crippen LogP contribution < -0.4 is 5.32 Å². The minimum Gasteiger partial charge on any atom is -0.311 e. The van der Waals surface area contributed by atoms with Crippen molar-refractivity contribution in [2.24, 2.45) is 11.8 Å². The Morgan fingerprint density at radius 2 is 2.00 bits per heavy atom. The maximum Gasteiger partial charge on any atom is 0.0303 e. The lowest BCUT2D eigenvalue weighted by molar-refractivity contribution is 0.0419. The van der Waals surface area contributed by atoms with Crippen LogP contribution in [0.2, 0.25) is 0 Å². The molecule has 0 bridgehead atoms. The van der Waals surface area contributed by atoms with Crippen LogP contribution in [-0.2, 0) is 0 Å². The van der Waals surface area contributed by atoms with Crippen LogP contribution in [0.15, 0.2) is 0 Å². The van der Waals surface area contributed by atoms with Crippen molar-refractivity contribution >= 4 is 0 Å². The Balaban J connectivity index is 1.59. The molecule has 98 valence electrons. The highest BCUT2D eigenvalue weighted by Crippen LogP contribution is 2.38. The molecule has 3 rings (SSSR count). The normalized spacial score (nSPS) is 39.5. The molecule has 17 heavy (non-hydrogen) atoms. The number of hydrogen-bond acceptors (Lipinski definition) is 2. The monoisotopic (exact) mass is 236 g/mol. The van der Waals surface area contributed by atoms with Gasteiger partial charge in [0.15, 0.2) is 0 Å². The van der Waals surface area contributed by atoms with E-state index in [1.54, 1.807) is 0 Å². The van der Waals surface area contributed by atoms with Crippen molar-refractivity contribution in [3.8, 4) is 0 Å². The zero-order valence-corrected chi connectivity index (χ0v) is 11.5. The smallest absolute Gasteiger partial charge is 0.0303 e. The van der Waals surface area contributed by atoms with E-state index in [1.807, 2.05) is 0 Å². The second kappa shape index (κ2) is 4.55. The summed E-state index contributed by atoms with van der Waals surface area (Å²) in [6, 6.07) is 0.800. The predicted octanol–water partition coefficient (Wildman–Crippen LogP) is 2.64. The zero-order valence-electron chi connectivity index (χ0n) is 11.5. The molecule has 0 aromatic rings. The average Bonchev–Trinajstić information content (AvgIpc) is 3.19. The van der Waals surface area contributed by atoms with Crippen molar-refractivity contribution in [3.63, 3.8) is 0 Å². The Labute approximate surface area is 106 Å². The molecule has 0 aromatic carbocycles. The first-order valence-corrected chi connectivity index (χ1v) is 7.70. The van der Waals surface area contributed by atoms with Gasteiger partial charge in [0.1, 0.15) is 0 Å². The minimum absolute atomic E-state index is 0.417. The van der Waals surface area contributed by atoms with Crippen molar-refractivity contribution in [1.82, 2.24) is 10.2 Å². The van der Waals surface area contributed by atoms with E-state index in [0.29, 0.717) is 5.54 Å². The van der Waals surface area contributed by atoms with E-state index in [-0.39, 0.29) is 0 Å². The highest BCUT2D eigenvalue weighted by atomic mass is 15.3. The van der Waals surface area contributed by atoms with Gasteiger partial charge in [0.05, 0.1) is 0 Å². The first-order valence-electron chi connectivity index (χ1n) is 7.70. The summed E-state index contributed by atoms with van der Waals surface area (Å²) < 4.78 is 0. The largest absolute Gasteiger partial charge is 0.311 e. The number of piperazine rings is 1. The second-order valence-electron chi connectivity index (χ2n) is 6.85. The van der Waals surface area contributed by atoms with E-state index in [4.69, 9.17) is 0 Å². The molecule has 2 saturated carbocycles. The highest BCUT2D eigenvalue weighted by Gasteiger charge is 2.41. The lowest BCUT2D eigenvalue weighted by Gasteiger charge is -2.48. The third kappa shape index (κ3) is 2.68. The van der Waals surface area contributed by atoms with Crippen LogP contribution in [0.1, 0.15) is 52.4 Å². The van der Waals surface area contributed by atoms with Gasteiger partial charge < -0.3 is 5.32 Å². The third-order valence-electron chi connectivity index (χ3n) is 5.38. The van der Waals surface area contributed by atoms with Crippen molar-refractivity contribution in [3.05, 3.63) is 0 Å². The van der Waals surface area contributed by atoms with Crippen LogP contribution in [-0.4, -0.2) is 36.1 Å². The molecule has 0 aromatic heterocycles. The number of rotatable bonds is 5. The van der Waals surface area contributed by atoms with Gasteiger partial charge in [-0.2, -0.15) is 0 Å². The van der Waals surface area contributed by atoms with E-state index in [1.165, 1.54) is 58.2 Å². The topological polar surface area (TPSA) is 15.3 Å². The van der Waals surface area contributed by atoms with E-state index < -0.39 is 0 Å². The molecule has 0 radical (unpaired) electrons. The van der Waals surface area contributed by atoms with Gasteiger partial charge in [-0.3, -0.25) is 4.90 Å². The summed E-state index contributed by atoms with van der Waals surface area (Å²) in [5.74, 6) is 2.07. The molecule has 1 N–H and O–H groups in total. The van der Waals surface area contributed by atoms with E-state index in [0.717, 1.165) is 17.9 Å². The molecule has 2 unspecified atom stereocenters. The Hall–Kier alpha value is -0.0800. The van der Waals surface area contributed by atoms with Crippen LogP contribution in [0.3, 0.4) is 0 Å². The fourth-order valence-electron chi connectivity index (χ4n) is 3.25. The van der Waals surface area contributed by atoms with Crippen molar-refractivity contribution in [2.45, 2.75) is 64.0 Å². The fourth-order valence-corrected chi connectivity index (χ4v) is 3.25. The molecule has 2 atom stereocenters.